The van der Waals surface area contributed by atoms with Crippen molar-refractivity contribution in [3.8, 4) is 0 Å². The summed E-state index contributed by atoms with van der Waals surface area (Å²) in [5.41, 5.74) is 8.08. The lowest BCUT2D eigenvalue weighted by atomic mass is 9.91. The average Bonchev–Trinajstić information content (AvgIpc) is 2.82. The maximum Gasteiger partial charge on any atom is 0.123 e. The van der Waals surface area contributed by atoms with E-state index in [-0.39, 0.29) is 5.82 Å². The number of fused-ring (bicyclic) bond motifs is 1. The molecule has 2 aromatic carbocycles. The van der Waals surface area contributed by atoms with E-state index >= 15 is 0 Å². The van der Waals surface area contributed by atoms with Crippen LogP contribution in [0.5, 0.6) is 0 Å². The molecule has 1 aliphatic carbocycles. The number of anilines is 1. The van der Waals surface area contributed by atoms with Crippen LogP contribution in [-0.2, 0) is 0 Å². The molecule has 2 heteroatoms. The molecule has 88 valence electrons. The first kappa shape index (κ1) is 10.6. The van der Waals surface area contributed by atoms with Crippen molar-refractivity contribution in [3.05, 3.63) is 41.7 Å². The summed E-state index contributed by atoms with van der Waals surface area (Å²) >= 11 is 0. The van der Waals surface area contributed by atoms with E-state index in [1.54, 1.807) is 6.07 Å². The van der Waals surface area contributed by atoms with Crippen molar-refractivity contribution in [2.75, 3.05) is 5.73 Å². The molecule has 1 nitrogen and oxygen atoms in total. The second-order valence-electron chi connectivity index (χ2n) is 4.92. The van der Waals surface area contributed by atoms with Crippen molar-refractivity contribution in [2.24, 2.45) is 0 Å². The first-order valence-electron chi connectivity index (χ1n) is 6.23. The van der Waals surface area contributed by atoms with Crippen LogP contribution in [0, 0.1) is 5.82 Å². The summed E-state index contributed by atoms with van der Waals surface area (Å²) in [4.78, 5) is 0. The monoisotopic (exact) mass is 229 g/mol. The number of rotatable bonds is 1. The minimum Gasteiger partial charge on any atom is -0.398 e. The average molecular weight is 229 g/mol. The van der Waals surface area contributed by atoms with E-state index in [4.69, 9.17) is 5.73 Å². The Morgan fingerprint density at radius 2 is 1.76 bits per heavy atom. The van der Waals surface area contributed by atoms with Gasteiger partial charge in [-0.25, -0.2) is 4.39 Å². The standard InChI is InChI=1S/C15H16FN/c16-12-7-5-10-6-8-14(17)15(13(10)9-12)11-3-1-2-4-11/h5-9,11H,1-4,17H2. The number of benzene rings is 2. The highest BCUT2D eigenvalue weighted by Crippen LogP contribution is 2.40. The van der Waals surface area contributed by atoms with Crippen LogP contribution in [0.25, 0.3) is 10.8 Å². The number of nitrogen functional groups attached to an aromatic ring is 1. The molecule has 0 saturated heterocycles. The van der Waals surface area contributed by atoms with E-state index in [1.165, 1.54) is 37.3 Å². The quantitative estimate of drug-likeness (QED) is 0.728. The fraction of sp³-hybridized carbons (Fsp3) is 0.333. The largest absolute Gasteiger partial charge is 0.398 e. The van der Waals surface area contributed by atoms with E-state index in [1.807, 2.05) is 18.2 Å². The molecule has 0 atom stereocenters. The predicted octanol–water partition coefficient (Wildman–Crippen LogP) is 4.22. The lowest BCUT2D eigenvalue weighted by Gasteiger charge is -2.16. The Bertz CT molecular complexity index is 551. The maximum atomic E-state index is 13.4. The Morgan fingerprint density at radius 1 is 1.06 bits per heavy atom. The van der Waals surface area contributed by atoms with Crippen molar-refractivity contribution < 1.29 is 4.39 Å². The first-order valence-corrected chi connectivity index (χ1v) is 6.23. The topological polar surface area (TPSA) is 26.0 Å². The van der Waals surface area contributed by atoms with E-state index < -0.39 is 0 Å². The summed E-state index contributed by atoms with van der Waals surface area (Å²) in [7, 11) is 0. The molecule has 0 aliphatic heterocycles. The molecule has 0 heterocycles. The molecule has 2 aromatic rings. The Balaban J connectivity index is 2.25. The fourth-order valence-electron chi connectivity index (χ4n) is 3.00. The van der Waals surface area contributed by atoms with Crippen molar-refractivity contribution in [2.45, 2.75) is 31.6 Å². The molecular weight excluding hydrogens is 213 g/mol. The van der Waals surface area contributed by atoms with Gasteiger partial charge < -0.3 is 5.73 Å². The van der Waals surface area contributed by atoms with Crippen LogP contribution in [0.2, 0.25) is 0 Å². The van der Waals surface area contributed by atoms with Crippen molar-refractivity contribution in [1.29, 1.82) is 0 Å². The SMILES string of the molecule is Nc1ccc2ccc(F)cc2c1C1CCCC1. The smallest absolute Gasteiger partial charge is 0.123 e. The summed E-state index contributed by atoms with van der Waals surface area (Å²) in [6, 6.07) is 8.90. The third-order valence-electron chi connectivity index (χ3n) is 3.82. The summed E-state index contributed by atoms with van der Waals surface area (Å²) in [5.74, 6) is 0.336. The van der Waals surface area contributed by atoms with Crippen molar-refractivity contribution in [1.82, 2.24) is 0 Å². The maximum absolute atomic E-state index is 13.4. The van der Waals surface area contributed by atoms with Gasteiger partial charge in [0.15, 0.2) is 0 Å². The normalized spacial score (nSPS) is 16.8. The van der Waals surface area contributed by atoms with Gasteiger partial charge in [0, 0.05) is 5.69 Å². The van der Waals surface area contributed by atoms with Crippen LogP contribution in [0.3, 0.4) is 0 Å². The second-order valence-corrected chi connectivity index (χ2v) is 4.92. The van der Waals surface area contributed by atoms with Crippen molar-refractivity contribution >= 4 is 16.5 Å². The first-order chi connectivity index (χ1) is 8.25. The molecule has 2 N–H and O–H groups in total. The third-order valence-corrected chi connectivity index (χ3v) is 3.82. The lowest BCUT2D eigenvalue weighted by molar-refractivity contribution is 0.629. The Kier molecular flexibility index (Phi) is 2.50. The molecule has 0 bridgehead atoms. The molecule has 0 unspecified atom stereocenters. The van der Waals surface area contributed by atoms with Gasteiger partial charge in [-0.05, 0) is 53.3 Å². The summed E-state index contributed by atoms with van der Waals surface area (Å²) in [6.45, 7) is 0. The van der Waals surface area contributed by atoms with Gasteiger partial charge in [0.2, 0.25) is 0 Å². The van der Waals surface area contributed by atoms with Crippen LogP contribution >= 0.6 is 0 Å². The van der Waals surface area contributed by atoms with Crippen LogP contribution < -0.4 is 5.73 Å². The van der Waals surface area contributed by atoms with Crippen LogP contribution in [0.4, 0.5) is 10.1 Å². The van der Waals surface area contributed by atoms with Gasteiger partial charge in [-0.2, -0.15) is 0 Å². The zero-order valence-corrected chi connectivity index (χ0v) is 9.75. The fourth-order valence-corrected chi connectivity index (χ4v) is 3.00. The minimum absolute atomic E-state index is 0.178. The van der Waals surface area contributed by atoms with Crippen molar-refractivity contribution in [3.63, 3.8) is 0 Å². The molecule has 0 radical (unpaired) electrons. The van der Waals surface area contributed by atoms with Gasteiger partial charge in [0.1, 0.15) is 5.82 Å². The predicted molar refractivity (Wildman–Crippen MR) is 69.5 cm³/mol. The summed E-state index contributed by atoms with van der Waals surface area (Å²) in [6.07, 6.45) is 4.88. The zero-order valence-electron chi connectivity index (χ0n) is 9.75. The molecular formula is C15H16FN. The third kappa shape index (κ3) is 1.78. The minimum atomic E-state index is -0.178. The van der Waals surface area contributed by atoms with E-state index in [9.17, 15) is 4.39 Å². The van der Waals surface area contributed by atoms with Gasteiger partial charge in [0.05, 0.1) is 0 Å². The summed E-state index contributed by atoms with van der Waals surface area (Å²) < 4.78 is 13.4. The Morgan fingerprint density at radius 3 is 2.53 bits per heavy atom. The molecule has 0 aromatic heterocycles. The molecule has 1 fully saturated rings. The number of halogens is 1. The second kappa shape index (κ2) is 4.02. The number of nitrogens with two attached hydrogens (primary N) is 1. The van der Waals surface area contributed by atoms with Gasteiger partial charge in [-0.3, -0.25) is 0 Å². The van der Waals surface area contributed by atoms with Crippen LogP contribution in [0.1, 0.15) is 37.2 Å². The highest BCUT2D eigenvalue weighted by molar-refractivity contribution is 5.90. The van der Waals surface area contributed by atoms with E-state index in [0.717, 1.165) is 16.5 Å². The summed E-state index contributed by atoms with van der Waals surface area (Å²) in [5, 5.41) is 2.08. The molecule has 17 heavy (non-hydrogen) atoms. The van der Waals surface area contributed by atoms with Gasteiger partial charge >= 0.3 is 0 Å². The van der Waals surface area contributed by atoms with E-state index in [2.05, 4.69) is 0 Å². The highest BCUT2D eigenvalue weighted by Gasteiger charge is 2.21. The molecule has 1 aliphatic rings. The lowest BCUT2D eigenvalue weighted by Crippen LogP contribution is -2.00. The zero-order chi connectivity index (χ0) is 11.8. The van der Waals surface area contributed by atoms with Crippen LogP contribution in [-0.4, -0.2) is 0 Å². The molecule has 0 amide bonds. The number of hydrogen-bond acceptors (Lipinski definition) is 1. The highest BCUT2D eigenvalue weighted by atomic mass is 19.1. The molecule has 1 saturated carbocycles. The molecule has 0 spiro atoms. The number of hydrogen-bond donors (Lipinski definition) is 1. The van der Waals surface area contributed by atoms with Gasteiger partial charge in [-0.1, -0.05) is 25.0 Å². The van der Waals surface area contributed by atoms with Gasteiger partial charge in [-0.15, -0.1) is 0 Å². The van der Waals surface area contributed by atoms with Crippen LogP contribution in [0.15, 0.2) is 30.3 Å². The van der Waals surface area contributed by atoms with E-state index in [0.29, 0.717) is 5.92 Å². The Labute approximate surface area is 100 Å². The molecule has 3 rings (SSSR count). The Hall–Kier alpha value is -1.57. The van der Waals surface area contributed by atoms with Gasteiger partial charge in [0.25, 0.3) is 0 Å².